The Morgan fingerprint density at radius 1 is 1.16 bits per heavy atom. The van der Waals surface area contributed by atoms with Gasteiger partial charge in [0.25, 0.3) is 0 Å². The quantitative estimate of drug-likeness (QED) is 0.821. The fraction of sp³-hybridized carbons (Fsp3) is 0.333. The number of amides is 1. The molecule has 0 aliphatic carbocycles. The van der Waals surface area contributed by atoms with Crippen molar-refractivity contribution in [3.8, 4) is 0 Å². The van der Waals surface area contributed by atoms with Gasteiger partial charge in [-0.2, -0.15) is 0 Å². The predicted molar refractivity (Wildman–Crippen MR) is 98.8 cm³/mol. The van der Waals surface area contributed by atoms with Crippen molar-refractivity contribution >= 4 is 21.6 Å². The van der Waals surface area contributed by atoms with Crippen LogP contribution in [0.5, 0.6) is 0 Å². The maximum absolute atomic E-state index is 12.3. The second-order valence-electron chi connectivity index (χ2n) is 6.08. The van der Waals surface area contributed by atoms with E-state index in [1.807, 2.05) is 32.0 Å². The Morgan fingerprint density at radius 2 is 1.84 bits per heavy atom. The van der Waals surface area contributed by atoms with E-state index in [1.54, 1.807) is 30.5 Å². The Balaban J connectivity index is 2.18. The summed E-state index contributed by atoms with van der Waals surface area (Å²) in [4.78, 5) is 16.4. The average molecular weight is 361 g/mol. The first-order chi connectivity index (χ1) is 11.8. The van der Waals surface area contributed by atoms with Gasteiger partial charge in [-0.05, 0) is 29.7 Å². The van der Waals surface area contributed by atoms with Crippen LogP contribution in [0.25, 0.3) is 0 Å². The van der Waals surface area contributed by atoms with Gasteiger partial charge in [-0.1, -0.05) is 38.1 Å². The molecule has 1 aromatic heterocycles. The molecule has 6 nitrogen and oxygen atoms in total. The predicted octanol–water partition coefficient (Wildman–Crippen LogP) is 2.29. The Labute approximate surface area is 148 Å². The van der Waals surface area contributed by atoms with Crippen LogP contribution < -0.4 is 9.62 Å². The highest BCUT2D eigenvalue weighted by Crippen LogP contribution is 2.28. The Hall–Kier alpha value is -2.41. The van der Waals surface area contributed by atoms with E-state index in [4.69, 9.17) is 0 Å². The molecule has 1 heterocycles. The first kappa shape index (κ1) is 18.9. The zero-order valence-electron chi connectivity index (χ0n) is 14.6. The number of nitrogens with zero attached hydrogens (tertiary/aromatic N) is 2. The van der Waals surface area contributed by atoms with Crippen LogP contribution in [0.4, 0.5) is 5.69 Å². The van der Waals surface area contributed by atoms with Crippen molar-refractivity contribution in [2.24, 2.45) is 0 Å². The maximum Gasteiger partial charge on any atom is 0.241 e. The number of rotatable bonds is 7. The zero-order chi connectivity index (χ0) is 18.4. The van der Waals surface area contributed by atoms with Crippen molar-refractivity contribution in [1.82, 2.24) is 10.3 Å². The van der Waals surface area contributed by atoms with Crippen molar-refractivity contribution in [3.63, 3.8) is 0 Å². The van der Waals surface area contributed by atoms with Crippen LogP contribution in [0, 0.1) is 0 Å². The highest BCUT2D eigenvalue weighted by atomic mass is 32.2. The van der Waals surface area contributed by atoms with Gasteiger partial charge in [0.2, 0.25) is 15.9 Å². The molecule has 0 saturated heterocycles. The Kier molecular flexibility index (Phi) is 6.14. The standard InChI is InChI=1S/C18H23N3O3S/c1-14(2)16-9-4-5-10-17(16)21(25(3,23)24)13-18(22)20-12-15-8-6-7-11-19-15/h4-11,14H,12-13H2,1-3H3,(H,20,22). The van der Waals surface area contributed by atoms with Gasteiger partial charge in [-0.25, -0.2) is 8.42 Å². The van der Waals surface area contributed by atoms with Crippen LogP contribution >= 0.6 is 0 Å². The van der Waals surface area contributed by atoms with Crippen LogP contribution in [0.1, 0.15) is 31.0 Å². The molecule has 0 saturated carbocycles. The van der Waals surface area contributed by atoms with Crippen LogP contribution in [-0.2, 0) is 21.4 Å². The third-order valence-corrected chi connectivity index (χ3v) is 4.83. The summed E-state index contributed by atoms with van der Waals surface area (Å²) in [6.07, 6.45) is 2.75. The highest BCUT2D eigenvalue weighted by Gasteiger charge is 2.23. The first-order valence-electron chi connectivity index (χ1n) is 8.02. The van der Waals surface area contributed by atoms with E-state index in [9.17, 15) is 13.2 Å². The van der Waals surface area contributed by atoms with E-state index in [2.05, 4.69) is 10.3 Å². The van der Waals surface area contributed by atoms with Crippen LogP contribution in [0.3, 0.4) is 0 Å². The molecule has 0 radical (unpaired) electrons. The van der Waals surface area contributed by atoms with Gasteiger partial charge in [0.1, 0.15) is 6.54 Å². The van der Waals surface area contributed by atoms with Gasteiger partial charge >= 0.3 is 0 Å². The summed E-state index contributed by atoms with van der Waals surface area (Å²) in [5.41, 5.74) is 2.13. The van der Waals surface area contributed by atoms with Crippen molar-refractivity contribution in [3.05, 3.63) is 59.9 Å². The number of pyridine rings is 1. The van der Waals surface area contributed by atoms with E-state index in [-0.39, 0.29) is 24.9 Å². The summed E-state index contributed by atoms with van der Waals surface area (Å²) >= 11 is 0. The molecule has 1 N–H and O–H groups in total. The van der Waals surface area contributed by atoms with E-state index >= 15 is 0 Å². The summed E-state index contributed by atoms with van der Waals surface area (Å²) in [5.74, 6) is -0.244. The second kappa shape index (κ2) is 8.11. The third kappa shape index (κ3) is 5.29. The summed E-state index contributed by atoms with van der Waals surface area (Å²) in [6, 6.07) is 12.6. The topological polar surface area (TPSA) is 79.4 Å². The number of nitrogens with one attached hydrogen (secondary N) is 1. The number of benzene rings is 1. The lowest BCUT2D eigenvalue weighted by Crippen LogP contribution is -2.40. The summed E-state index contributed by atoms with van der Waals surface area (Å²) in [6.45, 7) is 3.96. The number of carbonyl (C=O) groups excluding carboxylic acids is 1. The molecular weight excluding hydrogens is 338 g/mol. The minimum atomic E-state index is -3.60. The van der Waals surface area contributed by atoms with Crippen molar-refractivity contribution in [2.45, 2.75) is 26.3 Å². The number of aromatic nitrogens is 1. The number of anilines is 1. The fourth-order valence-electron chi connectivity index (χ4n) is 2.46. The third-order valence-electron chi connectivity index (χ3n) is 3.71. The largest absolute Gasteiger partial charge is 0.349 e. The van der Waals surface area contributed by atoms with Crippen LogP contribution in [0.15, 0.2) is 48.7 Å². The van der Waals surface area contributed by atoms with E-state index < -0.39 is 10.0 Å². The molecule has 0 spiro atoms. The molecular formula is C18H23N3O3S. The molecule has 0 aliphatic rings. The molecule has 0 unspecified atom stereocenters. The lowest BCUT2D eigenvalue weighted by Gasteiger charge is -2.25. The molecule has 7 heteroatoms. The van der Waals surface area contributed by atoms with Gasteiger partial charge in [-0.3, -0.25) is 14.1 Å². The normalized spacial score (nSPS) is 11.4. The number of para-hydroxylation sites is 1. The summed E-state index contributed by atoms with van der Waals surface area (Å²) in [5, 5.41) is 2.71. The van der Waals surface area contributed by atoms with Gasteiger partial charge < -0.3 is 5.32 Å². The van der Waals surface area contributed by atoms with Crippen LogP contribution in [0.2, 0.25) is 0 Å². The fourth-order valence-corrected chi connectivity index (χ4v) is 3.34. The van der Waals surface area contributed by atoms with Gasteiger partial charge in [-0.15, -0.1) is 0 Å². The molecule has 2 aromatic rings. The van der Waals surface area contributed by atoms with Crippen molar-refractivity contribution < 1.29 is 13.2 Å². The van der Waals surface area contributed by atoms with E-state index in [1.165, 1.54) is 0 Å². The maximum atomic E-state index is 12.3. The van der Waals surface area contributed by atoms with Crippen molar-refractivity contribution in [2.75, 3.05) is 17.1 Å². The molecule has 0 aliphatic heterocycles. The number of sulfonamides is 1. The Bertz CT molecular complexity index is 820. The first-order valence-corrected chi connectivity index (χ1v) is 9.87. The number of hydrogen-bond acceptors (Lipinski definition) is 4. The number of carbonyl (C=O) groups is 1. The van der Waals surface area contributed by atoms with Gasteiger partial charge in [0, 0.05) is 6.20 Å². The summed E-state index contributed by atoms with van der Waals surface area (Å²) < 4.78 is 25.6. The SMILES string of the molecule is CC(C)c1ccccc1N(CC(=O)NCc1ccccn1)S(C)(=O)=O. The zero-order valence-corrected chi connectivity index (χ0v) is 15.5. The smallest absolute Gasteiger partial charge is 0.241 e. The molecule has 1 amide bonds. The molecule has 134 valence electrons. The van der Waals surface area contributed by atoms with Gasteiger partial charge in [0.05, 0.1) is 24.2 Å². The molecule has 0 atom stereocenters. The Morgan fingerprint density at radius 3 is 2.44 bits per heavy atom. The molecule has 1 aromatic carbocycles. The summed E-state index contributed by atoms with van der Waals surface area (Å²) in [7, 11) is -3.60. The molecule has 0 fully saturated rings. The lowest BCUT2D eigenvalue weighted by molar-refractivity contribution is -0.119. The average Bonchev–Trinajstić information content (AvgIpc) is 2.57. The minimum Gasteiger partial charge on any atom is -0.349 e. The second-order valence-corrected chi connectivity index (χ2v) is 7.99. The molecule has 0 bridgehead atoms. The van der Waals surface area contributed by atoms with E-state index in [0.717, 1.165) is 16.1 Å². The molecule has 25 heavy (non-hydrogen) atoms. The van der Waals surface area contributed by atoms with Gasteiger partial charge in [0.15, 0.2) is 0 Å². The van der Waals surface area contributed by atoms with E-state index in [0.29, 0.717) is 11.4 Å². The lowest BCUT2D eigenvalue weighted by atomic mass is 10.0. The number of hydrogen-bond donors (Lipinski definition) is 1. The monoisotopic (exact) mass is 361 g/mol. The highest BCUT2D eigenvalue weighted by molar-refractivity contribution is 7.92. The minimum absolute atomic E-state index is 0.136. The van der Waals surface area contributed by atoms with Crippen molar-refractivity contribution in [1.29, 1.82) is 0 Å². The molecule has 2 rings (SSSR count). The van der Waals surface area contributed by atoms with Crippen LogP contribution in [-0.4, -0.2) is 32.1 Å².